The van der Waals surface area contributed by atoms with Crippen molar-refractivity contribution in [2.24, 2.45) is 0 Å². The van der Waals surface area contributed by atoms with E-state index in [2.05, 4.69) is 23.4 Å². The maximum Gasteiger partial charge on any atom is 0.227 e. The van der Waals surface area contributed by atoms with E-state index in [1.807, 2.05) is 31.2 Å². The normalized spacial score (nSPS) is 11.0. The Kier molecular flexibility index (Phi) is 4.99. The molecule has 1 aromatic carbocycles. The summed E-state index contributed by atoms with van der Waals surface area (Å²) >= 11 is 6.15. The molecule has 3 nitrogen and oxygen atoms in total. The summed E-state index contributed by atoms with van der Waals surface area (Å²) in [7, 11) is 0. The summed E-state index contributed by atoms with van der Waals surface area (Å²) in [5.41, 5.74) is 2.87. The van der Waals surface area contributed by atoms with E-state index in [0.717, 1.165) is 36.5 Å². The van der Waals surface area contributed by atoms with Gasteiger partial charge in [-0.15, -0.1) is 0 Å². The molecule has 0 bridgehead atoms. The fourth-order valence-electron chi connectivity index (χ4n) is 2.03. The van der Waals surface area contributed by atoms with Crippen molar-refractivity contribution in [1.82, 2.24) is 9.88 Å². The molecule has 0 amide bonds. The minimum absolute atomic E-state index is 0.567. The second-order valence-electron chi connectivity index (χ2n) is 4.88. The number of rotatable bonds is 6. The van der Waals surface area contributed by atoms with Crippen LogP contribution in [-0.2, 0) is 6.54 Å². The van der Waals surface area contributed by atoms with Gasteiger partial charge in [0.05, 0.1) is 16.3 Å². The average Bonchev–Trinajstić information content (AvgIpc) is 2.86. The van der Waals surface area contributed by atoms with Gasteiger partial charge < -0.3 is 4.42 Å². The van der Waals surface area contributed by atoms with Crippen LogP contribution in [0.25, 0.3) is 11.5 Å². The first-order valence-corrected chi connectivity index (χ1v) is 7.04. The highest BCUT2D eigenvalue weighted by Crippen LogP contribution is 2.26. The van der Waals surface area contributed by atoms with Crippen LogP contribution in [0.2, 0.25) is 5.02 Å². The van der Waals surface area contributed by atoms with Crippen molar-refractivity contribution in [3.05, 3.63) is 53.4 Å². The molecular weight excluding hydrogens is 272 g/mol. The lowest BCUT2D eigenvalue weighted by Crippen LogP contribution is -2.24. The predicted octanol–water partition coefficient (Wildman–Crippen LogP) is 4.39. The molecule has 1 aromatic heterocycles. The maximum absolute atomic E-state index is 6.15. The van der Waals surface area contributed by atoms with Crippen LogP contribution < -0.4 is 0 Å². The Hall–Kier alpha value is -1.58. The maximum atomic E-state index is 6.15. The van der Waals surface area contributed by atoms with Gasteiger partial charge >= 0.3 is 0 Å². The quantitative estimate of drug-likeness (QED) is 0.739. The van der Waals surface area contributed by atoms with Gasteiger partial charge in [-0.05, 0) is 25.6 Å². The molecule has 0 atom stereocenters. The van der Waals surface area contributed by atoms with Crippen LogP contribution in [0.4, 0.5) is 0 Å². The minimum Gasteiger partial charge on any atom is -0.444 e. The van der Waals surface area contributed by atoms with Gasteiger partial charge in [-0.25, -0.2) is 4.98 Å². The van der Waals surface area contributed by atoms with Crippen LogP contribution in [0.3, 0.4) is 0 Å². The molecular formula is C16H19ClN2O. The Bertz CT molecular complexity index is 592. The Morgan fingerprint density at radius 3 is 2.80 bits per heavy atom. The second kappa shape index (κ2) is 6.73. The summed E-state index contributed by atoms with van der Waals surface area (Å²) in [6.45, 7) is 10.7. The van der Waals surface area contributed by atoms with Gasteiger partial charge in [-0.1, -0.05) is 42.8 Å². The molecule has 0 spiro atoms. The summed E-state index contributed by atoms with van der Waals surface area (Å²) < 4.78 is 5.54. The molecule has 0 aliphatic rings. The smallest absolute Gasteiger partial charge is 0.227 e. The van der Waals surface area contributed by atoms with Crippen LogP contribution >= 0.6 is 11.6 Å². The van der Waals surface area contributed by atoms with Gasteiger partial charge in [0.15, 0.2) is 0 Å². The van der Waals surface area contributed by atoms with E-state index in [1.165, 1.54) is 0 Å². The van der Waals surface area contributed by atoms with E-state index in [9.17, 15) is 0 Å². The molecule has 1 heterocycles. The molecule has 0 saturated carbocycles. The van der Waals surface area contributed by atoms with Crippen LogP contribution in [0.5, 0.6) is 0 Å². The number of likely N-dealkylation sites (N-methyl/N-ethyl adjacent to an activating group) is 1. The van der Waals surface area contributed by atoms with Gasteiger partial charge in [0.2, 0.25) is 5.89 Å². The lowest BCUT2D eigenvalue weighted by molar-refractivity contribution is 0.300. The number of benzene rings is 1. The zero-order chi connectivity index (χ0) is 14.5. The molecule has 0 aliphatic carbocycles. The summed E-state index contributed by atoms with van der Waals surface area (Å²) in [6, 6.07) is 7.55. The monoisotopic (exact) mass is 290 g/mol. The third-order valence-electron chi connectivity index (χ3n) is 2.98. The first-order valence-electron chi connectivity index (χ1n) is 6.66. The average molecular weight is 291 g/mol. The Balaban J connectivity index is 2.13. The number of nitrogens with zero attached hydrogens (tertiary/aromatic N) is 2. The second-order valence-corrected chi connectivity index (χ2v) is 5.29. The first-order chi connectivity index (χ1) is 9.60. The highest BCUT2D eigenvalue weighted by atomic mass is 35.5. The molecule has 2 aromatic rings. The first kappa shape index (κ1) is 14.8. The molecule has 0 aliphatic heterocycles. The molecule has 0 saturated heterocycles. The Morgan fingerprint density at radius 1 is 1.40 bits per heavy atom. The van der Waals surface area contributed by atoms with E-state index < -0.39 is 0 Å². The van der Waals surface area contributed by atoms with E-state index >= 15 is 0 Å². The van der Waals surface area contributed by atoms with Crippen molar-refractivity contribution < 1.29 is 4.42 Å². The van der Waals surface area contributed by atoms with Gasteiger partial charge in [0.1, 0.15) is 6.26 Å². The summed E-state index contributed by atoms with van der Waals surface area (Å²) in [4.78, 5) is 6.77. The molecule has 106 valence electrons. The molecule has 0 unspecified atom stereocenters. The van der Waals surface area contributed by atoms with Crippen molar-refractivity contribution in [3.63, 3.8) is 0 Å². The third-order valence-corrected chi connectivity index (χ3v) is 3.31. The van der Waals surface area contributed by atoms with Gasteiger partial charge in [0, 0.05) is 13.1 Å². The zero-order valence-corrected chi connectivity index (χ0v) is 12.7. The lowest BCUT2D eigenvalue weighted by atomic mass is 10.2. The summed E-state index contributed by atoms with van der Waals surface area (Å²) in [6.07, 6.45) is 1.69. The molecule has 0 radical (unpaired) electrons. The Morgan fingerprint density at radius 2 is 2.15 bits per heavy atom. The SMILES string of the molecule is C=C(C)CN(CC)Cc1coc(-c2ccccc2Cl)n1. The van der Waals surface area contributed by atoms with E-state index in [0.29, 0.717) is 10.9 Å². The number of hydrogen-bond acceptors (Lipinski definition) is 3. The van der Waals surface area contributed by atoms with Crippen molar-refractivity contribution >= 4 is 11.6 Å². The zero-order valence-electron chi connectivity index (χ0n) is 11.9. The van der Waals surface area contributed by atoms with Gasteiger partial charge in [-0.2, -0.15) is 0 Å². The number of halogens is 1. The van der Waals surface area contributed by atoms with Crippen molar-refractivity contribution in [2.75, 3.05) is 13.1 Å². The summed E-state index contributed by atoms with van der Waals surface area (Å²) in [5.74, 6) is 0.567. The van der Waals surface area contributed by atoms with Crippen molar-refractivity contribution in [3.8, 4) is 11.5 Å². The van der Waals surface area contributed by atoms with Crippen LogP contribution in [0.1, 0.15) is 19.5 Å². The van der Waals surface area contributed by atoms with E-state index in [-0.39, 0.29) is 0 Å². The number of aromatic nitrogens is 1. The number of oxazole rings is 1. The standard InChI is InChI=1S/C16H19ClN2O/c1-4-19(9-12(2)3)10-13-11-20-16(18-13)14-7-5-6-8-15(14)17/h5-8,11H,2,4,9-10H2,1,3H3. The third kappa shape index (κ3) is 3.71. The minimum atomic E-state index is 0.567. The van der Waals surface area contributed by atoms with Crippen LogP contribution in [-0.4, -0.2) is 23.0 Å². The van der Waals surface area contributed by atoms with Crippen molar-refractivity contribution in [2.45, 2.75) is 20.4 Å². The number of hydrogen-bond donors (Lipinski definition) is 0. The molecule has 0 fully saturated rings. The highest BCUT2D eigenvalue weighted by Gasteiger charge is 2.12. The predicted molar refractivity (Wildman–Crippen MR) is 82.7 cm³/mol. The fraction of sp³-hybridized carbons (Fsp3) is 0.312. The van der Waals surface area contributed by atoms with Gasteiger partial charge in [-0.3, -0.25) is 4.90 Å². The highest BCUT2D eigenvalue weighted by molar-refractivity contribution is 6.33. The van der Waals surface area contributed by atoms with Gasteiger partial charge in [0.25, 0.3) is 0 Å². The molecule has 4 heteroatoms. The van der Waals surface area contributed by atoms with E-state index in [1.54, 1.807) is 6.26 Å². The largest absolute Gasteiger partial charge is 0.444 e. The topological polar surface area (TPSA) is 29.3 Å². The van der Waals surface area contributed by atoms with Crippen LogP contribution in [0.15, 0.2) is 47.1 Å². The molecule has 2 rings (SSSR count). The summed E-state index contributed by atoms with van der Waals surface area (Å²) in [5, 5.41) is 0.648. The lowest BCUT2D eigenvalue weighted by Gasteiger charge is -2.18. The molecule has 0 N–H and O–H groups in total. The fourth-order valence-corrected chi connectivity index (χ4v) is 2.24. The Labute approximate surface area is 124 Å². The van der Waals surface area contributed by atoms with Crippen molar-refractivity contribution in [1.29, 1.82) is 0 Å². The van der Waals surface area contributed by atoms with Crippen LogP contribution in [0, 0.1) is 0 Å². The van der Waals surface area contributed by atoms with E-state index in [4.69, 9.17) is 16.0 Å². The molecule has 20 heavy (non-hydrogen) atoms.